The van der Waals surface area contributed by atoms with E-state index in [0.717, 1.165) is 36.2 Å². The fourth-order valence-electron chi connectivity index (χ4n) is 8.71. The number of hydrogen-bond acceptors (Lipinski definition) is 1. The van der Waals surface area contributed by atoms with Gasteiger partial charge in [-0.2, -0.15) is 0 Å². The number of rotatable bonds is 8. The standard InChI is InChI=1S/C35H58OSi/c1-23(2)26(5)27(22-36-37(10,11)34(6,7)8)21-25(4)32-17-18-33-31-16-15-28-24(3)13-12-14-29(28)30(31)19-20-35(32,33)9/h12-14,23,25,27,30-33H,5,15-22H2,1-4,6-11H3/t25-,27+,30-,31-,32-,33+,35-/m1/s1. The van der Waals surface area contributed by atoms with E-state index in [2.05, 4.69) is 93.3 Å². The molecule has 37 heavy (non-hydrogen) atoms. The zero-order chi connectivity index (χ0) is 27.3. The summed E-state index contributed by atoms with van der Waals surface area (Å²) < 4.78 is 6.81. The monoisotopic (exact) mass is 522 g/mol. The third-order valence-corrected chi connectivity index (χ3v) is 16.6. The van der Waals surface area contributed by atoms with Gasteiger partial charge in [0.1, 0.15) is 0 Å². The van der Waals surface area contributed by atoms with Crippen molar-refractivity contribution in [2.24, 2.45) is 40.9 Å². The van der Waals surface area contributed by atoms with E-state index >= 15 is 0 Å². The summed E-state index contributed by atoms with van der Waals surface area (Å²) in [5, 5.41) is 0.254. The minimum absolute atomic E-state index is 0.254. The lowest BCUT2D eigenvalue weighted by atomic mass is 9.52. The van der Waals surface area contributed by atoms with E-state index in [1.165, 1.54) is 56.1 Å². The van der Waals surface area contributed by atoms with Crippen molar-refractivity contribution in [1.29, 1.82) is 0 Å². The van der Waals surface area contributed by atoms with Crippen molar-refractivity contribution in [3.63, 3.8) is 0 Å². The Kier molecular flexibility index (Phi) is 8.35. The molecular formula is C35H58OSi. The van der Waals surface area contributed by atoms with Crippen LogP contribution >= 0.6 is 0 Å². The van der Waals surface area contributed by atoms with Gasteiger partial charge >= 0.3 is 0 Å². The fourth-order valence-corrected chi connectivity index (χ4v) is 9.76. The summed E-state index contributed by atoms with van der Waals surface area (Å²) in [5.41, 5.74) is 6.84. The Morgan fingerprint density at radius 3 is 2.46 bits per heavy atom. The van der Waals surface area contributed by atoms with Gasteiger partial charge in [0.15, 0.2) is 8.32 Å². The molecule has 2 heteroatoms. The van der Waals surface area contributed by atoms with Crippen LogP contribution in [0, 0.1) is 47.8 Å². The molecule has 1 aromatic rings. The van der Waals surface area contributed by atoms with Crippen LogP contribution in [0.25, 0.3) is 0 Å². The van der Waals surface area contributed by atoms with Gasteiger partial charge in [-0.25, -0.2) is 0 Å². The normalized spacial score (nSPS) is 31.4. The van der Waals surface area contributed by atoms with Gasteiger partial charge in [0, 0.05) is 12.5 Å². The molecule has 2 saturated carbocycles. The molecule has 2 fully saturated rings. The minimum atomic E-state index is -1.77. The van der Waals surface area contributed by atoms with Crippen molar-refractivity contribution < 1.29 is 4.43 Å². The van der Waals surface area contributed by atoms with Crippen molar-refractivity contribution in [2.75, 3.05) is 6.61 Å². The Hall–Kier alpha value is -0.863. The predicted octanol–water partition coefficient (Wildman–Crippen LogP) is 10.3. The molecule has 0 unspecified atom stereocenters. The van der Waals surface area contributed by atoms with Gasteiger partial charge in [0.2, 0.25) is 0 Å². The summed E-state index contributed by atoms with van der Waals surface area (Å²) in [6.07, 6.45) is 9.65. The van der Waals surface area contributed by atoms with Crippen molar-refractivity contribution >= 4 is 8.32 Å². The second kappa shape index (κ2) is 10.6. The molecular weight excluding hydrogens is 464 g/mol. The highest BCUT2D eigenvalue weighted by molar-refractivity contribution is 6.74. The first-order chi connectivity index (χ1) is 17.2. The van der Waals surface area contributed by atoms with Crippen molar-refractivity contribution in [2.45, 2.75) is 124 Å². The van der Waals surface area contributed by atoms with Crippen LogP contribution in [0.15, 0.2) is 30.4 Å². The zero-order valence-electron chi connectivity index (χ0n) is 26.0. The van der Waals surface area contributed by atoms with Gasteiger partial charge in [0.05, 0.1) is 0 Å². The predicted molar refractivity (Wildman–Crippen MR) is 164 cm³/mol. The Labute approximate surface area is 231 Å². The molecule has 4 rings (SSSR count). The summed E-state index contributed by atoms with van der Waals surface area (Å²) in [5.74, 6) is 5.18. The molecule has 1 nitrogen and oxygen atoms in total. The minimum Gasteiger partial charge on any atom is -0.416 e. The van der Waals surface area contributed by atoms with Gasteiger partial charge in [-0.3, -0.25) is 0 Å². The van der Waals surface area contributed by atoms with Crippen LogP contribution in [0.1, 0.15) is 110 Å². The van der Waals surface area contributed by atoms with Gasteiger partial charge in [-0.15, -0.1) is 0 Å². The summed E-state index contributed by atoms with van der Waals surface area (Å²) in [6.45, 7) is 29.6. The first-order valence-electron chi connectivity index (χ1n) is 15.6. The van der Waals surface area contributed by atoms with Crippen LogP contribution in [-0.2, 0) is 10.8 Å². The second-order valence-corrected chi connectivity index (χ2v) is 20.3. The number of aryl methyl sites for hydroxylation is 1. The highest BCUT2D eigenvalue weighted by atomic mass is 28.4. The maximum Gasteiger partial charge on any atom is 0.192 e. The highest BCUT2D eigenvalue weighted by Gasteiger charge is 2.55. The molecule has 3 aliphatic carbocycles. The molecule has 3 aliphatic rings. The van der Waals surface area contributed by atoms with Gasteiger partial charge in [-0.1, -0.05) is 78.8 Å². The van der Waals surface area contributed by atoms with Crippen molar-refractivity contribution in [1.82, 2.24) is 0 Å². The van der Waals surface area contributed by atoms with E-state index in [4.69, 9.17) is 4.43 Å². The maximum atomic E-state index is 6.81. The maximum absolute atomic E-state index is 6.81. The lowest BCUT2D eigenvalue weighted by Gasteiger charge is -2.52. The average Bonchev–Trinajstić information content (AvgIpc) is 3.17. The molecule has 0 aliphatic heterocycles. The third-order valence-electron chi connectivity index (χ3n) is 12.1. The van der Waals surface area contributed by atoms with Crippen LogP contribution in [0.4, 0.5) is 0 Å². The van der Waals surface area contributed by atoms with E-state index in [9.17, 15) is 0 Å². The molecule has 0 spiro atoms. The van der Waals surface area contributed by atoms with Gasteiger partial charge in [-0.05, 0) is 128 Å². The van der Waals surface area contributed by atoms with Crippen LogP contribution in [-0.4, -0.2) is 14.9 Å². The molecule has 0 heterocycles. The summed E-state index contributed by atoms with van der Waals surface area (Å²) in [7, 11) is -1.77. The Balaban J connectivity index is 1.49. The molecule has 1 aromatic carbocycles. The van der Waals surface area contributed by atoms with Crippen LogP contribution in [0.3, 0.4) is 0 Å². The zero-order valence-corrected chi connectivity index (χ0v) is 27.0. The first kappa shape index (κ1) is 29.1. The summed E-state index contributed by atoms with van der Waals surface area (Å²) in [4.78, 5) is 0. The topological polar surface area (TPSA) is 9.23 Å². The van der Waals surface area contributed by atoms with E-state index in [1.807, 2.05) is 0 Å². The Bertz CT molecular complexity index is 968. The largest absolute Gasteiger partial charge is 0.416 e. The molecule has 0 N–H and O–H groups in total. The summed E-state index contributed by atoms with van der Waals surface area (Å²) >= 11 is 0. The van der Waals surface area contributed by atoms with Crippen LogP contribution < -0.4 is 0 Å². The quantitative estimate of drug-likeness (QED) is 0.244. The molecule has 7 atom stereocenters. The smallest absolute Gasteiger partial charge is 0.192 e. The molecule has 0 amide bonds. The Morgan fingerprint density at radius 1 is 1.11 bits per heavy atom. The molecule has 0 bridgehead atoms. The Morgan fingerprint density at radius 2 is 1.81 bits per heavy atom. The number of hydrogen-bond donors (Lipinski definition) is 0. The van der Waals surface area contributed by atoms with Gasteiger partial charge < -0.3 is 4.43 Å². The lowest BCUT2D eigenvalue weighted by Crippen LogP contribution is -2.44. The first-order valence-corrected chi connectivity index (χ1v) is 18.5. The third kappa shape index (κ3) is 5.45. The molecule has 0 aromatic heterocycles. The molecule has 208 valence electrons. The van der Waals surface area contributed by atoms with E-state index < -0.39 is 8.32 Å². The van der Waals surface area contributed by atoms with E-state index in [1.54, 1.807) is 11.1 Å². The molecule has 0 radical (unpaired) electrons. The average molecular weight is 523 g/mol. The molecule has 0 saturated heterocycles. The van der Waals surface area contributed by atoms with Crippen molar-refractivity contribution in [3.05, 3.63) is 47.0 Å². The number of fused-ring (bicyclic) bond motifs is 5. The lowest BCUT2D eigenvalue weighted by molar-refractivity contribution is 0.00700. The van der Waals surface area contributed by atoms with E-state index in [0.29, 0.717) is 17.3 Å². The van der Waals surface area contributed by atoms with Gasteiger partial charge in [0.25, 0.3) is 0 Å². The van der Waals surface area contributed by atoms with E-state index in [-0.39, 0.29) is 5.04 Å². The second-order valence-electron chi connectivity index (χ2n) is 15.5. The van der Waals surface area contributed by atoms with Crippen molar-refractivity contribution in [3.8, 4) is 0 Å². The fraction of sp³-hybridized carbons (Fsp3) is 0.771. The highest BCUT2D eigenvalue weighted by Crippen LogP contribution is 2.64. The SMILES string of the molecule is C=C(C(C)C)[C@H](CO[Si](C)(C)C(C)(C)C)C[C@@H](C)[C@H]1CC[C@H]2[C@@H]3CCc4c(C)cccc4[C@H]3CC[C@]12C. The number of benzene rings is 1. The van der Waals surface area contributed by atoms with Crippen LogP contribution in [0.5, 0.6) is 0 Å². The van der Waals surface area contributed by atoms with Crippen LogP contribution in [0.2, 0.25) is 18.1 Å². The summed E-state index contributed by atoms with van der Waals surface area (Å²) in [6, 6.07) is 7.12.